The third kappa shape index (κ3) is 4.29. The topological polar surface area (TPSA) is 66.4 Å². The highest BCUT2D eigenvalue weighted by atomic mass is 32.1. The lowest BCUT2D eigenvalue weighted by Gasteiger charge is -2.13. The van der Waals surface area contributed by atoms with Crippen molar-refractivity contribution in [1.82, 2.24) is 5.32 Å². The first-order valence-corrected chi connectivity index (χ1v) is 7.24. The monoisotopic (exact) mass is 301 g/mol. The number of aliphatic carboxylic acids is 1. The van der Waals surface area contributed by atoms with Crippen molar-refractivity contribution in [3.63, 3.8) is 0 Å². The lowest BCUT2D eigenvalue weighted by molar-refractivity contribution is -0.131. The van der Waals surface area contributed by atoms with Gasteiger partial charge in [0.2, 0.25) is 0 Å². The lowest BCUT2D eigenvalue weighted by atomic mass is 10.1. The number of thiophene rings is 1. The van der Waals surface area contributed by atoms with Gasteiger partial charge in [-0.05, 0) is 30.7 Å². The summed E-state index contributed by atoms with van der Waals surface area (Å²) in [6.07, 6.45) is 2.53. The number of benzene rings is 1. The van der Waals surface area contributed by atoms with E-state index in [0.717, 1.165) is 16.5 Å². The lowest BCUT2D eigenvalue weighted by Crippen LogP contribution is -2.25. The molecule has 4 nitrogen and oxygen atoms in total. The second-order valence-corrected chi connectivity index (χ2v) is 5.59. The van der Waals surface area contributed by atoms with E-state index in [0.29, 0.717) is 4.88 Å². The van der Waals surface area contributed by atoms with E-state index in [1.54, 1.807) is 12.1 Å². The number of carboxylic acids is 1. The van der Waals surface area contributed by atoms with Crippen LogP contribution in [-0.4, -0.2) is 17.0 Å². The third-order valence-electron chi connectivity index (χ3n) is 2.89. The van der Waals surface area contributed by atoms with Crippen molar-refractivity contribution >= 4 is 29.3 Å². The summed E-state index contributed by atoms with van der Waals surface area (Å²) in [5.74, 6) is -1.17. The molecule has 1 amide bonds. The Morgan fingerprint density at radius 3 is 2.57 bits per heavy atom. The minimum Gasteiger partial charge on any atom is -0.478 e. The largest absolute Gasteiger partial charge is 0.478 e. The number of nitrogens with one attached hydrogen (secondary N) is 1. The molecule has 1 unspecified atom stereocenters. The SMILES string of the molecule is CC(NC(=O)c1ccc(C=CC(=O)O)s1)c1ccccc1. The van der Waals surface area contributed by atoms with E-state index >= 15 is 0 Å². The quantitative estimate of drug-likeness (QED) is 0.832. The van der Waals surface area contributed by atoms with Crippen LogP contribution < -0.4 is 5.32 Å². The maximum atomic E-state index is 12.1. The highest BCUT2D eigenvalue weighted by Crippen LogP contribution is 2.19. The number of carbonyl (C=O) groups excluding carboxylic acids is 1. The molecule has 2 N–H and O–H groups in total. The van der Waals surface area contributed by atoms with E-state index in [1.807, 2.05) is 37.3 Å². The number of hydrogen-bond donors (Lipinski definition) is 2. The standard InChI is InChI=1S/C16H15NO3S/c1-11(12-5-3-2-4-6-12)17-16(20)14-9-7-13(21-14)8-10-15(18)19/h2-11H,1H3,(H,17,20)(H,18,19). The van der Waals surface area contributed by atoms with Gasteiger partial charge in [-0.3, -0.25) is 4.79 Å². The van der Waals surface area contributed by atoms with Crippen molar-refractivity contribution in [3.8, 4) is 0 Å². The molecule has 1 atom stereocenters. The van der Waals surface area contributed by atoms with E-state index in [4.69, 9.17) is 5.11 Å². The molecule has 2 rings (SSSR count). The minimum absolute atomic E-state index is 0.0844. The summed E-state index contributed by atoms with van der Waals surface area (Å²) in [4.78, 5) is 23.9. The Kier molecular flexibility index (Phi) is 4.90. The van der Waals surface area contributed by atoms with Crippen LogP contribution >= 0.6 is 11.3 Å². The van der Waals surface area contributed by atoms with Gasteiger partial charge in [-0.25, -0.2) is 4.79 Å². The van der Waals surface area contributed by atoms with E-state index < -0.39 is 5.97 Å². The molecule has 0 aliphatic rings. The first-order valence-electron chi connectivity index (χ1n) is 6.43. The molecular weight excluding hydrogens is 286 g/mol. The van der Waals surface area contributed by atoms with Crippen LogP contribution in [-0.2, 0) is 4.79 Å². The number of hydrogen-bond acceptors (Lipinski definition) is 3. The van der Waals surface area contributed by atoms with E-state index in [2.05, 4.69) is 5.32 Å². The van der Waals surface area contributed by atoms with E-state index in [1.165, 1.54) is 17.4 Å². The fourth-order valence-electron chi connectivity index (χ4n) is 1.81. The highest BCUT2D eigenvalue weighted by molar-refractivity contribution is 7.14. The summed E-state index contributed by atoms with van der Waals surface area (Å²) in [7, 11) is 0. The Labute approximate surface area is 126 Å². The molecule has 5 heteroatoms. The molecule has 0 aliphatic carbocycles. The van der Waals surface area contributed by atoms with Gasteiger partial charge in [-0.15, -0.1) is 11.3 Å². The fraction of sp³-hybridized carbons (Fsp3) is 0.125. The van der Waals surface area contributed by atoms with Crippen LogP contribution in [0.2, 0.25) is 0 Å². The molecule has 0 bridgehead atoms. The second-order valence-electron chi connectivity index (χ2n) is 4.48. The Bertz CT molecular complexity index is 661. The molecule has 0 radical (unpaired) electrons. The normalized spacial score (nSPS) is 12.2. The molecule has 108 valence electrons. The van der Waals surface area contributed by atoms with Gasteiger partial charge in [0.1, 0.15) is 0 Å². The fourth-order valence-corrected chi connectivity index (χ4v) is 2.62. The van der Waals surface area contributed by atoms with Crippen molar-refractivity contribution in [3.05, 3.63) is 63.9 Å². The summed E-state index contributed by atoms with van der Waals surface area (Å²) < 4.78 is 0. The molecule has 1 aromatic carbocycles. The van der Waals surface area contributed by atoms with E-state index in [9.17, 15) is 9.59 Å². The van der Waals surface area contributed by atoms with Gasteiger partial charge in [-0.2, -0.15) is 0 Å². The number of amides is 1. The van der Waals surface area contributed by atoms with Crippen molar-refractivity contribution in [2.24, 2.45) is 0 Å². The Hall–Kier alpha value is -2.40. The summed E-state index contributed by atoms with van der Waals surface area (Å²) in [5.41, 5.74) is 1.04. The predicted molar refractivity (Wildman–Crippen MR) is 83.3 cm³/mol. The molecule has 2 aromatic rings. The van der Waals surface area contributed by atoms with Crippen LogP contribution in [0.5, 0.6) is 0 Å². The van der Waals surface area contributed by atoms with Gasteiger partial charge >= 0.3 is 5.97 Å². The van der Waals surface area contributed by atoms with Crippen molar-refractivity contribution in [1.29, 1.82) is 0 Å². The maximum Gasteiger partial charge on any atom is 0.328 e. The summed E-state index contributed by atoms with van der Waals surface area (Å²) in [5, 5.41) is 11.5. The second kappa shape index (κ2) is 6.85. The molecule has 1 aromatic heterocycles. The van der Waals surface area contributed by atoms with Crippen LogP contribution in [0.15, 0.2) is 48.5 Å². The molecule has 0 saturated heterocycles. The molecular formula is C16H15NO3S. The Balaban J connectivity index is 2.02. The first-order chi connectivity index (χ1) is 10.1. The predicted octanol–water partition coefficient (Wildman–Crippen LogP) is 3.34. The molecule has 21 heavy (non-hydrogen) atoms. The third-order valence-corrected chi connectivity index (χ3v) is 3.94. The summed E-state index contributed by atoms with van der Waals surface area (Å²) >= 11 is 1.26. The Morgan fingerprint density at radius 2 is 1.90 bits per heavy atom. The first kappa shape index (κ1) is 15.0. The molecule has 1 heterocycles. The summed E-state index contributed by atoms with van der Waals surface area (Å²) in [6.45, 7) is 1.92. The molecule has 0 spiro atoms. The van der Waals surface area contributed by atoms with Crippen LogP contribution in [0.1, 0.15) is 33.1 Å². The number of carboxylic acid groups (broad SMARTS) is 1. The van der Waals surface area contributed by atoms with Crippen molar-refractivity contribution < 1.29 is 14.7 Å². The smallest absolute Gasteiger partial charge is 0.328 e. The van der Waals surface area contributed by atoms with Crippen molar-refractivity contribution in [2.75, 3.05) is 0 Å². The van der Waals surface area contributed by atoms with E-state index in [-0.39, 0.29) is 11.9 Å². The van der Waals surface area contributed by atoms with Gasteiger partial charge in [0.15, 0.2) is 0 Å². The summed E-state index contributed by atoms with van der Waals surface area (Å²) in [6, 6.07) is 13.0. The van der Waals surface area contributed by atoms with Crippen LogP contribution in [0, 0.1) is 0 Å². The average molecular weight is 301 g/mol. The molecule has 0 fully saturated rings. The highest BCUT2D eigenvalue weighted by Gasteiger charge is 2.12. The van der Waals surface area contributed by atoms with Crippen molar-refractivity contribution in [2.45, 2.75) is 13.0 Å². The van der Waals surface area contributed by atoms with Crippen LogP contribution in [0.4, 0.5) is 0 Å². The van der Waals surface area contributed by atoms with Gasteiger partial charge in [0.05, 0.1) is 10.9 Å². The average Bonchev–Trinajstić information content (AvgIpc) is 2.95. The minimum atomic E-state index is -1.01. The molecule has 0 aliphatic heterocycles. The zero-order chi connectivity index (χ0) is 15.2. The number of carbonyl (C=O) groups is 2. The van der Waals surface area contributed by atoms with Gasteiger partial charge in [0, 0.05) is 11.0 Å². The Morgan fingerprint density at radius 1 is 1.19 bits per heavy atom. The van der Waals surface area contributed by atoms with Gasteiger partial charge < -0.3 is 10.4 Å². The van der Waals surface area contributed by atoms with Crippen LogP contribution in [0.25, 0.3) is 6.08 Å². The number of rotatable bonds is 5. The molecule has 0 saturated carbocycles. The van der Waals surface area contributed by atoms with Gasteiger partial charge in [-0.1, -0.05) is 30.3 Å². The van der Waals surface area contributed by atoms with Gasteiger partial charge in [0.25, 0.3) is 5.91 Å². The maximum absolute atomic E-state index is 12.1. The zero-order valence-corrected chi connectivity index (χ0v) is 12.3. The zero-order valence-electron chi connectivity index (χ0n) is 11.4. The van der Waals surface area contributed by atoms with Crippen LogP contribution in [0.3, 0.4) is 0 Å².